The molecular weight excluding hydrogens is 485 g/mol. The topological polar surface area (TPSA) is 130 Å². The van der Waals surface area contributed by atoms with E-state index in [0.717, 1.165) is 53.6 Å². The Morgan fingerprint density at radius 3 is 2.89 bits per heavy atom. The number of aryl methyl sites for hydroxylation is 2. The Labute approximate surface area is 219 Å². The fraction of sp³-hybridized carbons (Fsp3) is 0.286. The summed E-state index contributed by atoms with van der Waals surface area (Å²) in [6.45, 7) is 5.50. The summed E-state index contributed by atoms with van der Waals surface area (Å²) in [7, 11) is 0. The maximum atomic E-state index is 14.2. The second kappa shape index (κ2) is 10.6. The van der Waals surface area contributed by atoms with Crippen molar-refractivity contribution in [3.05, 3.63) is 71.1 Å². The number of phenolic OH excluding ortho intramolecular Hbond substituents is 1. The lowest BCUT2D eigenvalue weighted by Crippen LogP contribution is -2.30. The highest BCUT2D eigenvalue weighted by molar-refractivity contribution is 6.06. The number of carbonyl (C=O) groups is 1. The first kappa shape index (κ1) is 25.3. The summed E-state index contributed by atoms with van der Waals surface area (Å²) >= 11 is 0. The van der Waals surface area contributed by atoms with Crippen LogP contribution in [0.15, 0.2) is 47.8 Å². The van der Waals surface area contributed by atoms with Crippen molar-refractivity contribution in [2.75, 3.05) is 18.4 Å². The predicted octanol–water partition coefficient (Wildman–Crippen LogP) is 4.13. The van der Waals surface area contributed by atoms with Crippen molar-refractivity contribution in [3.8, 4) is 16.9 Å². The minimum atomic E-state index is -0.756. The molecule has 5 rings (SSSR count). The van der Waals surface area contributed by atoms with Crippen LogP contribution in [0.1, 0.15) is 46.9 Å². The number of aromatic nitrogens is 3. The van der Waals surface area contributed by atoms with Gasteiger partial charge < -0.3 is 21.5 Å². The Morgan fingerprint density at radius 2 is 2.18 bits per heavy atom. The van der Waals surface area contributed by atoms with Gasteiger partial charge in [0.2, 0.25) is 0 Å². The SMILES string of the molecule is CCc1cc(O)c(F)cc1N=C(N)c1cnn2cc(-c3cnc(C=O)cc3C)cc2c1NCC1CCCN1. The fourth-order valence-electron chi connectivity index (χ4n) is 4.86. The van der Waals surface area contributed by atoms with Crippen molar-refractivity contribution < 1.29 is 14.3 Å². The predicted molar refractivity (Wildman–Crippen MR) is 146 cm³/mol. The van der Waals surface area contributed by atoms with Crippen molar-refractivity contribution in [1.82, 2.24) is 19.9 Å². The Hall–Kier alpha value is -4.31. The van der Waals surface area contributed by atoms with Crippen molar-refractivity contribution in [2.45, 2.75) is 39.2 Å². The van der Waals surface area contributed by atoms with Gasteiger partial charge in [-0.3, -0.25) is 9.78 Å². The van der Waals surface area contributed by atoms with Crippen LogP contribution in [0.5, 0.6) is 5.75 Å². The molecule has 0 spiro atoms. The van der Waals surface area contributed by atoms with Crippen LogP contribution >= 0.6 is 0 Å². The molecule has 1 aliphatic rings. The molecule has 1 saturated heterocycles. The van der Waals surface area contributed by atoms with Gasteiger partial charge in [-0.05, 0) is 62.1 Å². The number of aliphatic imine (C=N–C) groups is 1. The van der Waals surface area contributed by atoms with E-state index in [1.165, 1.54) is 12.1 Å². The third-order valence-electron chi connectivity index (χ3n) is 6.93. The lowest BCUT2D eigenvalue weighted by Gasteiger charge is -2.17. The van der Waals surface area contributed by atoms with E-state index in [4.69, 9.17) is 5.73 Å². The van der Waals surface area contributed by atoms with Gasteiger partial charge in [0.05, 0.1) is 28.7 Å². The van der Waals surface area contributed by atoms with Crippen LogP contribution in [-0.4, -0.2) is 51.0 Å². The van der Waals surface area contributed by atoms with E-state index in [1.807, 2.05) is 26.1 Å². The maximum Gasteiger partial charge on any atom is 0.168 e. The van der Waals surface area contributed by atoms with Crippen molar-refractivity contribution in [2.24, 2.45) is 10.7 Å². The quantitative estimate of drug-likeness (QED) is 0.158. The number of nitrogens with two attached hydrogens (primary N) is 1. The minimum Gasteiger partial charge on any atom is -0.505 e. The average Bonchev–Trinajstić information content (AvgIpc) is 3.59. The van der Waals surface area contributed by atoms with Crippen molar-refractivity contribution in [3.63, 3.8) is 0 Å². The molecule has 0 saturated carbocycles. The van der Waals surface area contributed by atoms with Gasteiger partial charge >= 0.3 is 0 Å². The summed E-state index contributed by atoms with van der Waals surface area (Å²) in [5, 5.41) is 21.4. The highest BCUT2D eigenvalue weighted by Gasteiger charge is 2.19. The molecule has 5 N–H and O–H groups in total. The lowest BCUT2D eigenvalue weighted by atomic mass is 10.0. The Morgan fingerprint density at radius 1 is 1.34 bits per heavy atom. The molecule has 3 aromatic heterocycles. The standard InChI is InChI=1S/C28H30FN7O2/c1-3-17-9-26(38)23(29)10-24(17)35-28(30)22-13-34-36-14-18(21-12-32-20(15-37)7-16(21)2)8-25(36)27(22)33-11-19-5-4-6-31-19/h7-10,12-15,19,31,33,38H,3-6,11H2,1-2H3,(H2,30,35). The normalized spacial score (nSPS) is 15.8. The largest absolute Gasteiger partial charge is 0.505 e. The lowest BCUT2D eigenvalue weighted by molar-refractivity contribution is 0.111. The smallest absolute Gasteiger partial charge is 0.168 e. The summed E-state index contributed by atoms with van der Waals surface area (Å²) in [5.74, 6) is -0.994. The van der Waals surface area contributed by atoms with Gasteiger partial charge in [0.1, 0.15) is 11.5 Å². The van der Waals surface area contributed by atoms with Gasteiger partial charge in [-0.2, -0.15) is 5.10 Å². The summed E-state index contributed by atoms with van der Waals surface area (Å²) in [6.07, 6.45) is 8.70. The number of halogens is 1. The van der Waals surface area contributed by atoms with Crippen LogP contribution in [0.25, 0.3) is 16.6 Å². The molecule has 1 aromatic carbocycles. The maximum absolute atomic E-state index is 14.2. The zero-order valence-corrected chi connectivity index (χ0v) is 21.3. The second-order valence-corrected chi connectivity index (χ2v) is 9.49. The number of benzene rings is 1. The highest BCUT2D eigenvalue weighted by Crippen LogP contribution is 2.32. The molecular formula is C28H30FN7O2. The molecule has 38 heavy (non-hydrogen) atoms. The van der Waals surface area contributed by atoms with Gasteiger partial charge in [0.25, 0.3) is 0 Å². The van der Waals surface area contributed by atoms with Gasteiger partial charge in [0, 0.05) is 42.2 Å². The number of hydrogen-bond acceptors (Lipinski definition) is 7. The second-order valence-electron chi connectivity index (χ2n) is 9.49. The van der Waals surface area contributed by atoms with Crippen LogP contribution in [0, 0.1) is 12.7 Å². The van der Waals surface area contributed by atoms with E-state index in [0.29, 0.717) is 41.5 Å². The van der Waals surface area contributed by atoms with E-state index in [2.05, 4.69) is 25.7 Å². The van der Waals surface area contributed by atoms with E-state index < -0.39 is 11.6 Å². The first-order valence-corrected chi connectivity index (χ1v) is 12.6. The number of pyridine rings is 1. The number of phenols is 1. The van der Waals surface area contributed by atoms with Crippen LogP contribution < -0.4 is 16.4 Å². The molecule has 1 fully saturated rings. The average molecular weight is 516 g/mol. The third kappa shape index (κ3) is 4.95. The van der Waals surface area contributed by atoms with Crippen LogP contribution in [0.4, 0.5) is 15.8 Å². The molecule has 9 nitrogen and oxygen atoms in total. The summed E-state index contributed by atoms with van der Waals surface area (Å²) < 4.78 is 15.9. The Balaban J connectivity index is 1.61. The molecule has 10 heteroatoms. The molecule has 0 bridgehead atoms. The molecule has 4 aromatic rings. The van der Waals surface area contributed by atoms with Crippen LogP contribution in [0.2, 0.25) is 0 Å². The summed E-state index contributed by atoms with van der Waals surface area (Å²) in [5.41, 5.74) is 12.8. The first-order valence-electron chi connectivity index (χ1n) is 12.6. The number of anilines is 1. The molecule has 196 valence electrons. The zero-order valence-electron chi connectivity index (χ0n) is 21.3. The molecule has 0 radical (unpaired) electrons. The molecule has 1 aliphatic heterocycles. The molecule has 1 unspecified atom stereocenters. The van der Waals surface area contributed by atoms with Gasteiger partial charge in [0.15, 0.2) is 17.9 Å². The van der Waals surface area contributed by atoms with E-state index in [1.54, 1.807) is 23.0 Å². The van der Waals surface area contributed by atoms with Crippen LogP contribution in [0.3, 0.4) is 0 Å². The molecule has 1 atom stereocenters. The first-order chi connectivity index (χ1) is 18.4. The number of rotatable bonds is 8. The highest BCUT2D eigenvalue weighted by atomic mass is 19.1. The number of fused-ring (bicyclic) bond motifs is 1. The third-order valence-corrected chi connectivity index (χ3v) is 6.93. The van der Waals surface area contributed by atoms with Crippen LogP contribution in [-0.2, 0) is 6.42 Å². The Kier molecular flexibility index (Phi) is 7.06. The number of aromatic hydroxyl groups is 1. The van der Waals surface area contributed by atoms with E-state index >= 15 is 0 Å². The number of carbonyl (C=O) groups excluding carboxylic acids is 1. The molecule has 0 amide bonds. The van der Waals surface area contributed by atoms with Crippen molar-refractivity contribution >= 4 is 29.0 Å². The zero-order chi connectivity index (χ0) is 26.8. The molecule has 0 aliphatic carbocycles. The van der Waals surface area contributed by atoms with Crippen molar-refractivity contribution in [1.29, 1.82) is 0 Å². The summed E-state index contributed by atoms with van der Waals surface area (Å²) in [4.78, 5) is 19.9. The van der Waals surface area contributed by atoms with E-state index in [-0.39, 0.29) is 5.84 Å². The van der Waals surface area contributed by atoms with Gasteiger partial charge in [-0.25, -0.2) is 13.9 Å². The molecule has 4 heterocycles. The summed E-state index contributed by atoms with van der Waals surface area (Å²) in [6, 6.07) is 6.64. The van der Waals surface area contributed by atoms with Gasteiger partial charge in [-0.15, -0.1) is 0 Å². The monoisotopic (exact) mass is 515 g/mol. The minimum absolute atomic E-state index is 0.178. The number of aldehydes is 1. The number of amidine groups is 1. The Bertz CT molecular complexity index is 1540. The number of hydrogen-bond donors (Lipinski definition) is 4. The number of nitrogens with zero attached hydrogens (tertiary/aromatic N) is 4. The fourth-order valence-corrected chi connectivity index (χ4v) is 4.86. The van der Waals surface area contributed by atoms with Gasteiger partial charge in [-0.1, -0.05) is 6.92 Å². The van der Waals surface area contributed by atoms with E-state index in [9.17, 15) is 14.3 Å². The number of nitrogens with one attached hydrogen (secondary N) is 2.